The summed E-state index contributed by atoms with van der Waals surface area (Å²) in [7, 11) is 0. The lowest BCUT2D eigenvalue weighted by molar-refractivity contribution is 1.08. The minimum atomic E-state index is 0.812. The van der Waals surface area contributed by atoms with Crippen molar-refractivity contribution in [1.82, 2.24) is 19.1 Å². The zero-order chi connectivity index (χ0) is 33.2. The molecule has 0 aliphatic heterocycles. The van der Waals surface area contributed by atoms with E-state index in [9.17, 15) is 0 Å². The molecule has 0 atom stereocenters. The minimum Gasteiger partial charge on any atom is -0.309 e. The molecule has 12 rings (SSSR count). The van der Waals surface area contributed by atoms with Crippen molar-refractivity contribution in [1.29, 1.82) is 0 Å². The molecule has 236 valence electrons. The van der Waals surface area contributed by atoms with Gasteiger partial charge in [-0.05, 0) is 59.3 Å². The Bertz CT molecular complexity index is 3400. The molecule has 0 N–H and O–H groups in total. The third-order valence-electron chi connectivity index (χ3n) is 10.7. The zero-order valence-corrected chi connectivity index (χ0v) is 28.0. The van der Waals surface area contributed by atoms with Crippen molar-refractivity contribution in [2.24, 2.45) is 0 Å². The highest BCUT2D eigenvalue weighted by Crippen LogP contribution is 2.43. The average molecular weight is 667 g/mol. The molecule has 4 aromatic heterocycles. The molecule has 0 bridgehead atoms. The van der Waals surface area contributed by atoms with Gasteiger partial charge in [0.2, 0.25) is 0 Å². The number of aromatic nitrogens is 4. The lowest BCUT2D eigenvalue weighted by Gasteiger charge is -2.12. The van der Waals surface area contributed by atoms with E-state index in [4.69, 9.17) is 9.97 Å². The molecule has 5 heteroatoms. The van der Waals surface area contributed by atoms with Crippen LogP contribution in [0.4, 0.5) is 0 Å². The van der Waals surface area contributed by atoms with E-state index in [1.54, 1.807) is 0 Å². The fourth-order valence-electron chi connectivity index (χ4n) is 8.62. The Morgan fingerprint density at radius 2 is 0.922 bits per heavy atom. The molecule has 0 fully saturated rings. The van der Waals surface area contributed by atoms with Crippen LogP contribution in [0.1, 0.15) is 0 Å². The van der Waals surface area contributed by atoms with E-state index >= 15 is 0 Å². The van der Waals surface area contributed by atoms with E-state index in [0.717, 1.165) is 38.7 Å². The number of fused-ring (bicyclic) bond motifs is 16. The van der Waals surface area contributed by atoms with Crippen molar-refractivity contribution in [3.8, 4) is 11.5 Å². The minimum absolute atomic E-state index is 0.812. The maximum Gasteiger partial charge on any atom is 0.156 e. The Morgan fingerprint density at radius 3 is 1.63 bits per heavy atom. The first-order chi connectivity index (χ1) is 25.3. The van der Waals surface area contributed by atoms with Gasteiger partial charge in [0.05, 0.1) is 39.3 Å². The topological polar surface area (TPSA) is 35.6 Å². The first-order valence-electron chi connectivity index (χ1n) is 17.3. The van der Waals surface area contributed by atoms with Crippen LogP contribution in [0.15, 0.2) is 158 Å². The number of para-hydroxylation sites is 2. The molecule has 0 amide bonds. The van der Waals surface area contributed by atoms with Crippen LogP contribution in [-0.4, -0.2) is 19.1 Å². The van der Waals surface area contributed by atoms with Crippen molar-refractivity contribution in [2.75, 3.05) is 0 Å². The normalized spacial score (nSPS) is 12.3. The van der Waals surface area contributed by atoms with Gasteiger partial charge in [-0.15, -0.1) is 11.3 Å². The van der Waals surface area contributed by atoms with Gasteiger partial charge in [-0.2, -0.15) is 0 Å². The van der Waals surface area contributed by atoms with E-state index in [0.29, 0.717) is 0 Å². The zero-order valence-electron chi connectivity index (χ0n) is 27.2. The number of hydrogen-bond donors (Lipinski definition) is 0. The van der Waals surface area contributed by atoms with Crippen LogP contribution in [0, 0.1) is 0 Å². The standard InChI is InChI=1S/C46H26N4S/c1-3-14-31-28(11-1)29-12-2-4-15-32(29)46-45(31)47-26-42(48-46)50-37-19-9-6-17-34(37)44-39(50)23-22-38-43(44)33-16-5-8-18-36(33)49(38)27-21-24-41-35(25-27)30-13-7-10-20-40(30)51-41/h1-26H. The van der Waals surface area contributed by atoms with E-state index in [1.165, 1.54) is 69.2 Å². The summed E-state index contributed by atoms with van der Waals surface area (Å²) in [6, 6.07) is 54.8. The van der Waals surface area contributed by atoms with Crippen LogP contribution in [0.5, 0.6) is 0 Å². The van der Waals surface area contributed by atoms with Crippen LogP contribution >= 0.6 is 11.3 Å². The predicted molar refractivity (Wildman–Crippen MR) is 216 cm³/mol. The molecule has 51 heavy (non-hydrogen) atoms. The largest absolute Gasteiger partial charge is 0.309 e. The molecule has 12 aromatic rings. The monoisotopic (exact) mass is 666 g/mol. The highest BCUT2D eigenvalue weighted by atomic mass is 32.1. The lowest BCUT2D eigenvalue weighted by atomic mass is 10.00. The van der Waals surface area contributed by atoms with Gasteiger partial charge in [0.25, 0.3) is 0 Å². The molecule has 4 heterocycles. The summed E-state index contributed by atoms with van der Waals surface area (Å²) in [5, 5.41) is 12.1. The Hall–Kier alpha value is -6.56. The third-order valence-corrected chi connectivity index (χ3v) is 11.9. The Kier molecular flexibility index (Phi) is 5.35. The van der Waals surface area contributed by atoms with Crippen molar-refractivity contribution in [3.05, 3.63) is 158 Å². The number of benzene rings is 8. The number of nitrogens with zero attached hydrogens (tertiary/aromatic N) is 4. The van der Waals surface area contributed by atoms with Crippen LogP contribution in [0.3, 0.4) is 0 Å². The maximum absolute atomic E-state index is 5.44. The maximum atomic E-state index is 5.44. The smallest absolute Gasteiger partial charge is 0.156 e. The van der Waals surface area contributed by atoms with E-state index in [-0.39, 0.29) is 0 Å². The van der Waals surface area contributed by atoms with Gasteiger partial charge in [-0.25, -0.2) is 4.98 Å². The van der Waals surface area contributed by atoms with Crippen molar-refractivity contribution >= 4 is 108 Å². The first kappa shape index (κ1) is 27.3. The van der Waals surface area contributed by atoms with Gasteiger partial charge < -0.3 is 4.57 Å². The molecule has 4 nitrogen and oxygen atoms in total. The summed E-state index contributed by atoms with van der Waals surface area (Å²) >= 11 is 1.86. The second-order valence-electron chi connectivity index (χ2n) is 13.4. The fourth-order valence-corrected chi connectivity index (χ4v) is 9.70. The molecule has 8 aromatic carbocycles. The second kappa shape index (κ2) is 10.0. The molecule has 0 unspecified atom stereocenters. The summed E-state index contributed by atoms with van der Waals surface area (Å²) < 4.78 is 7.37. The summed E-state index contributed by atoms with van der Waals surface area (Å²) in [6.07, 6.45) is 1.95. The summed E-state index contributed by atoms with van der Waals surface area (Å²) in [6.45, 7) is 0. The summed E-state index contributed by atoms with van der Waals surface area (Å²) in [4.78, 5) is 10.6. The van der Waals surface area contributed by atoms with Crippen LogP contribution in [0.25, 0.3) is 108 Å². The molecular formula is C46H26N4S. The number of thiophene rings is 1. The Morgan fingerprint density at radius 1 is 0.392 bits per heavy atom. The molecule has 0 aliphatic carbocycles. The van der Waals surface area contributed by atoms with Crippen molar-refractivity contribution < 1.29 is 0 Å². The van der Waals surface area contributed by atoms with E-state index in [2.05, 4.69) is 161 Å². The Labute approximate surface area is 295 Å². The first-order valence-corrected chi connectivity index (χ1v) is 18.1. The quantitative estimate of drug-likeness (QED) is 0.172. The Balaban J connectivity index is 1.18. The van der Waals surface area contributed by atoms with Crippen LogP contribution in [-0.2, 0) is 0 Å². The average Bonchev–Trinajstić information content (AvgIpc) is 3.85. The SMILES string of the molecule is c1ccc2c(c1)sc1ccc(-n3c4ccccc4c4c5c6ccccc6n(-c6cnc7c8ccccc8c8ccccc8c7n6)c5ccc43)cc12. The van der Waals surface area contributed by atoms with Crippen LogP contribution in [0.2, 0.25) is 0 Å². The van der Waals surface area contributed by atoms with Crippen LogP contribution < -0.4 is 0 Å². The van der Waals surface area contributed by atoms with Crippen molar-refractivity contribution in [2.45, 2.75) is 0 Å². The highest BCUT2D eigenvalue weighted by Gasteiger charge is 2.22. The van der Waals surface area contributed by atoms with E-state index < -0.39 is 0 Å². The van der Waals surface area contributed by atoms with Gasteiger partial charge in [-0.1, -0.05) is 103 Å². The predicted octanol–water partition coefficient (Wildman–Crippen LogP) is 12.5. The summed E-state index contributed by atoms with van der Waals surface area (Å²) in [5.74, 6) is 0.812. The molecule has 0 saturated heterocycles. The van der Waals surface area contributed by atoms with Gasteiger partial charge in [0.15, 0.2) is 5.82 Å². The third kappa shape index (κ3) is 3.63. The number of rotatable bonds is 2. The highest BCUT2D eigenvalue weighted by molar-refractivity contribution is 7.25. The van der Waals surface area contributed by atoms with Crippen molar-refractivity contribution in [3.63, 3.8) is 0 Å². The lowest BCUT2D eigenvalue weighted by Crippen LogP contribution is -2.00. The van der Waals surface area contributed by atoms with Gasteiger partial charge in [-0.3, -0.25) is 9.55 Å². The second-order valence-corrected chi connectivity index (χ2v) is 14.4. The summed E-state index contributed by atoms with van der Waals surface area (Å²) in [5.41, 5.74) is 7.62. The molecule has 0 aliphatic rings. The molecule has 0 spiro atoms. The van der Waals surface area contributed by atoms with Gasteiger partial charge in [0, 0.05) is 58.2 Å². The number of hydrogen-bond acceptors (Lipinski definition) is 3. The van der Waals surface area contributed by atoms with E-state index in [1.807, 2.05) is 17.5 Å². The molecule has 0 radical (unpaired) electrons. The molecule has 0 saturated carbocycles. The molecular weight excluding hydrogens is 641 g/mol. The van der Waals surface area contributed by atoms with Gasteiger partial charge in [0.1, 0.15) is 0 Å². The fraction of sp³-hybridized carbons (Fsp3) is 0. The van der Waals surface area contributed by atoms with Gasteiger partial charge >= 0.3 is 0 Å².